The Bertz CT molecular complexity index is 521. The van der Waals surface area contributed by atoms with E-state index in [1.807, 2.05) is 6.92 Å². The average molecular weight is 280 g/mol. The molecule has 0 atom stereocenters. The van der Waals surface area contributed by atoms with Crippen LogP contribution in [0.5, 0.6) is 0 Å². The molecule has 1 aliphatic rings. The molecule has 0 saturated carbocycles. The maximum atomic E-state index is 11.6. The number of anilines is 1. The van der Waals surface area contributed by atoms with Crippen LogP contribution in [0.2, 0.25) is 0 Å². The summed E-state index contributed by atoms with van der Waals surface area (Å²) in [6, 6.07) is 1.52. The quantitative estimate of drug-likeness (QED) is 0.784. The molecule has 0 bridgehead atoms. The number of aromatic nitrogens is 2. The summed E-state index contributed by atoms with van der Waals surface area (Å²) in [5.41, 5.74) is -0.125. The standard InChI is InChI=1S/C13H20N4O3/c1-2-10-14-11(9-12(18)15-10)17-7-5-16(6-8-17)4-3-13(19)20/h9H,2-8H2,1H3,(H,19,20)(H,14,15,18). The molecule has 110 valence electrons. The van der Waals surface area contributed by atoms with Gasteiger partial charge < -0.3 is 15.0 Å². The predicted octanol–water partition coefficient (Wildman–Crippen LogP) is -0.0710. The molecular formula is C13H20N4O3. The summed E-state index contributed by atoms with van der Waals surface area (Å²) in [5.74, 6) is 0.639. The Morgan fingerprint density at radius 2 is 2.10 bits per heavy atom. The minimum absolute atomic E-state index is 0.125. The summed E-state index contributed by atoms with van der Waals surface area (Å²) in [7, 11) is 0. The van der Waals surface area contributed by atoms with E-state index < -0.39 is 5.97 Å². The second-order valence-corrected chi connectivity index (χ2v) is 4.88. The van der Waals surface area contributed by atoms with Crippen LogP contribution in [0.3, 0.4) is 0 Å². The van der Waals surface area contributed by atoms with Crippen molar-refractivity contribution in [3.8, 4) is 0 Å². The lowest BCUT2D eigenvalue weighted by Gasteiger charge is -2.35. The molecule has 20 heavy (non-hydrogen) atoms. The molecule has 1 aromatic rings. The zero-order chi connectivity index (χ0) is 14.5. The van der Waals surface area contributed by atoms with E-state index in [-0.39, 0.29) is 12.0 Å². The number of aryl methyl sites for hydroxylation is 1. The van der Waals surface area contributed by atoms with Gasteiger partial charge in [-0.3, -0.25) is 14.5 Å². The molecule has 7 nitrogen and oxygen atoms in total. The van der Waals surface area contributed by atoms with Crippen LogP contribution in [-0.2, 0) is 11.2 Å². The number of carboxylic acid groups (broad SMARTS) is 1. The van der Waals surface area contributed by atoms with Crippen molar-refractivity contribution in [2.24, 2.45) is 0 Å². The SMILES string of the molecule is CCc1nc(N2CCN(CCC(=O)O)CC2)cc(=O)[nH]1. The van der Waals surface area contributed by atoms with Crippen LogP contribution in [0, 0.1) is 0 Å². The number of hydrogen-bond acceptors (Lipinski definition) is 5. The molecule has 2 heterocycles. The summed E-state index contributed by atoms with van der Waals surface area (Å²) in [6.07, 6.45) is 0.866. The molecule has 1 saturated heterocycles. The highest BCUT2D eigenvalue weighted by atomic mass is 16.4. The van der Waals surface area contributed by atoms with Gasteiger partial charge in [-0.15, -0.1) is 0 Å². The van der Waals surface area contributed by atoms with Gasteiger partial charge in [0.1, 0.15) is 11.6 Å². The van der Waals surface area contributed by atoms with Crippen LogP contribution in [0.15, 0.2) is 10.9 Å². The zero-order valence-electron chi connectivity index (χ0n) is 11.6. The van der Waals surface area contributed by atoms with Crippen LogP contribution in [0.25, 0.3) is 0 Å². The summed E-state index contributed by atoms with van der Waals surface area (Å²) < 4.78 is 0. The Kier molecular flexibility index (Phi) is 4.73. The number of aliphatic carboxylic acids is 1. The van der Waals surface area contributed by atoms with Gasteiger partial charge in [0.05, 0.1) is 6.42 Å². The number of piperazine rings is 1. The van der Waals surface area contributed by atoms with Gasteiger partial charge in [0.25, 0.3) is 5.56 Å². The van der Waals surface area contributed by atoms with Gasteiger partial charge in [0.15, 0.2) is 0 Å². The van der Waals surface area contributed by atoms with E-state index in [0.717, 1.165) is 26.2 Å². The first-order valence-corrected chi connectivity index (χ1v) is 6.88. The van der Waals surface area contributed by atoms with Crippen molar-refractivity contribution in [1.82, 2.24) is 14.9 Å². The molecule has 0 aliphatic carbocycles. The molecule has 0 unspecified atom stereocenters. The van der Waals surface area contributed by atoms with E-state index in [1.54, 1.807) is 0 Å². The first-order chi connectivity index (χ1) is 9.58. The lowest BCUT2D eigenvalue weighted by atomic mass is 10.3. The molecule has 2 rings (SSSR count). The number of hydrogen-bond donors (Lipinski definition) is 2. The maximum absolute atomic E-state index is 11.6. The second-order valence-electron chi connectivity index (χ2n) is 4.88. The first kappa shape index (κ1) is 14.5. The maximum Gasteiger partial charge on any atom is 0.304 e. The van der Waals surface area contributed by atoms with Gasteiger partial charge >= 0.3 is 5.97 Å². The van der Waals surface area contributed by atoms with Crippen LogP contribution in [0.1, 0.15) is 19.2 Å². The highest BCUT2D eigenvalue weighted by Crippen LogP contribution is 2.12. The van der Waals surface area contributed by atoms with Crippen molar-refractivity contribution in [3.63, 3.8) is 0 Å². The summed E-state index contributed by atoms with van der Waals surface area (Å²) in [6.45, 7) is 5.64. The molecule has 1 aromatic heterocycles. The van der Waals surface area contributed by atoms with E-state index in [2.05, 4.69) is 19.8 Å². The predicted molar refractivity (Wildman–Crippen MR) is 75.1 cm³/mol. The molecule has 1 aliphatic heterocycles. The van der Waals surface area contributed by atoms with E-state index in [9.17, 15) is 9.59 Å². The molecule has 7 heteroatoms. The lowest BCUT2D eigenvalue weighted by molar-refractivity contribution is -0.137. The van der Waals surface area contributed by atoms with Crippen molar-refractivity contribution < 1.29 is 9.90 Å². The Labute approximate surface area is 117 Å². The van der Waals surface area contributed by atoms with Crippen LogP contribution in [-0.4, -0.2) is 58.7 Å². The Hall–Kier alpha value is -1.89. The van der Waals surface area contributed by atoms with Crippen molar-refractivity contribution in [3.05, 3.63) is 22.2 Å². The molecule has 2 N–H and O–H groups in total. The third kappa shape index (κ3) is 3.80. The van der Waals surface area contributed by atoms with Crippen LogP contribution >= 0.6 is 0 Å². The van der Waals surface area contributed by atoms with Gasteiger partial charge in [0.2, 0.25) is 0 Å². The summed E-state index contributed by atoms with van der Waals surface area (Å²) in [4.78, 5) is 33.4. The van der Waals surface area contributed by atoms with Gasteiger partial charge in [0, 0.05) is 45.2 Å². The van der Waals surface area contributed by atoms with E-state index >= 15 is 0 Å². The molecular weight excluding hydrogens is 260 g/mol. The third-order valence-corrected chi connectivity index (χ3v) is 3.45. The molecule has 0 spiro atoms. The van der Waals surface area contributed by atoms with Gasteiger partial charge in [-0.25, -0.2) is 4.98 Å². The molecule has 0 amide bonds. The zero-order valence-corrected chi connectivity index (χ0v) is 11.6. The lowest BCUT2D eigenvalue weighted by Crippen LogP contribution is -2.47. The third-order valence-electron chi connectivity index (χ3n) is 3.45. The fourth-order valence-corrected chi connectivity index (χ4v) is 2.28. The Morgan fingerprint density at radius 1 is 1.40 bits per heavy atom. The minimum Gasteiger partial charge on any atom is -0.481 e. The minimum atomic E-state index is -0.767. The normalized spacial score (nSPS) is 16.4. The topological polar surface area (TPSA) is 89.5 Å². The monoisotopic (exact) mass is 280 g/mol. The number of rotatable bonds is 5. The second kappa shape index (κ2) is 6.51. The van der Waals surface area contributed by atoms with Crippen LogP contribution < -0.4 is 10.5 Å². The first-order valence-electron chi connectivity index (χ1n) is 6.88. The molecule has 0 aromatic carbocycles. The van der Waals surface area contributed by atoms with E-state index in [0.29, 0.717) is 24.6 Å². The van der Waals surface area contributed by atoms with Gasteiger partial charge in [-0.2, -0.15) is 0 Å². The summed E-state index contributed by atoms with van der Waals surface area (Å²) in [5, 5.41) is 8.68. The van der Waals surface area contributed by atoms with Gasteiger partial charge in [-0.1, -0.05) is 6.92 Å². The van der Waals surface area contributed by atoms with Crippen molar-refractivity contribution in [2.45, 2.75) is 19.8 Å². The fraction of sp³-hybridized carbons (Fsp3) is 0.615. The Balaban J connectivity index is 1.95. The largest absolute Gasteiger partial charge is 0.481 e. The fourth-order valence-electron chi connectivity index (χ4n) is 2.28. The number of carboxylic acids is 1. The van der Waals surface area contributed by atoms with E-state index in [4.69, 9.17) is 5.11 Å². The van der Waals surface area contributed by atoms with Crippen molar-refractivity contribution in [1.29, 1.82) is 0 Å². The molecule has 0 radical (unpaired) electrons. The Morgan fingerprint density at radius 3 is 2.70 bits per heavy atom. The number of H-pyrrole nitrogens is 1. The van der Waals surface area contributed by atoms with Crippen molar-refractivity contribution >= 4 is 11.8 Å². The van der Waals surface area contributed by atoms with E-state index in [1.165, 1.54) is 6.07 Å². The number of nitrogens with zero attached hydrogens (tertiary/aromatic N) is 3. The smallest absolute Gasteiger partial charge is 0.304 e. The highest BCUT2D eigenvalue weighted by molar-refractivity contribution is 5.66. The van der Waals surface area contributed by atoms with Crippen LogP contribution in [0.4, 0.5) is 5.82 Å². The highest BCUT2D eigenvalue weighted by Gasteiger charge is 2.19. The number of carbonyl (C=O) groups is 1. The van der Waals surface area contributed by atoms with Crippen molar-refractivity contribution in [2.75, 3.05) is 37.6 Å². The number of nitrogens with one attached hydrogen (secondary N) is 1. The summed E-state index contributed by atoms with van der Waals surface area (Å²) >= 11 is 0. The molecule has 1 fully saturated rings. The number of aromatic amines is 1. The van der Waals surface area contributed by atoms with Gasteiger partial charge in [-0.05, 0) is 0 Å². The average Bonchev–Trinajstić information content (AvgIpc) is 2.45.